The molecule has 2 rings (SSSR count). The summed E-state index contributed by atoms with van der Waals surface area (Å²) in [5.41, 5.74) is 3.62. The van der Waals surface area contributed by atoms with Gasteiger partial charge in [-0.25, -0.2) is 8.42 Å². The number of benzene rings is 2. The van der Waals surface area contributed by atoms with Gasteiger partial charge in [-0.3, -0.25) is 9.10 Å². The monoisotopic (exact) mass is 418 g/mol. The Balaban J connectivity index is 2.08. The van der Waals surface area contributed by atoms with Gasteiger partial charge < -0.3 is 10.1 Å². The molecule has 0 saturated carbocycles. The van der Waals surface area contributed by atoms with E-state index in [4.69, 9.17) is 4.74 Å². The maximum Gasteiger partial charge on any atom is 0.244 e. The molecule has 6 nitrogen and oxygen atoms in total. The zero-order valence-electron chi connectivity index (χ0n) is 17.7. The Bertz CT molecular complexity index is 957. The molecule has 1 atom stereocenters. The van der Waals surface area contributed by atoms with Crippen molar-refractivity contribution in [2.45, 2.75) is 40.2 Å². The topological polar surface area (TPSA) is 75.7 Å². The van der Waals surface area contributed by atoms with E-state index in [9.17, 15) is 13.2 Å². The number of ether oxygens (including phenoxy) is 1. The molecular formula is C22H30N2O4S. The first-order valence-corrected chi connectivity index (χ1v) is 11.5. The highest BCUT2D eigenvalue weighted by atomic mass is 32.2. The van der Waals surface area contributed by atoms with Crippen LogP contribution in [-0.4, -0.2) is 39.8 Å². The van der Waals surface area contributed by atoms with E-state index < -0.39 is 16.1 Å². The van der Waals surface area contributed by atoms with Crippen molar-refractivity contribution in [1.82, 2.24) is 5.32 Å². The number of rotatable bonds is 9. The first kappa shape index (κ1) is 22.7. The van der Waals surface area contributed by atoms with Crippen molar-refractivity contribution in [1.29, 1.82) is 0 Å². The van der Waals surface area contributed by atoms with Gasteiger partial charge in [0.2, 0.25) is 15.9 Å². The minimum Gasteiger partial charge on any atom is -0.492 e. The van der Waals surface area contributed by atoms with Crippen LogP contribution in [0.1, 0.15) is 30.0 Å². The zero-order chi connectivity index (χ0) is 21.6. The van der Waals surface area contributed by atoms with E-state index in [-0.39, 0.29) is 12.5 Å². The van der Waals surface area contributed by atoms with Crippen LogP contribution in [0.25, 0.3) is 0 Å². The summed E-state index contributed by atoms with van der Waals surface area (Å²) in [4.78, 5) is 12.8. The summed E-state index contributed by atoms with van der Waals surface area (Å²) < 4.78 is 31.9. The van der Waals surface area contributed by atoms with Crippen molar-refractivity contribution < 1.29 is 17.9 Å². The predicted molar refractivity (Wildman–Crippen MR) is 117 cm³/mol. The average Bonchev–Trinajstić information content (AvgIpc) is 2.64. The Morgan fingerprint density at radius 3 is 2.41 bits per heavy atom. The molecule has 0 aliphatic heterocycles. The van der Waals surface area contributed by atoms with Gasteiger partial charge in [-0.05, 0) is 68.1 Å². The number of amides is 1. The van der Waals surface area contributed by atoms with Crippen LogP contribution in [0.2, 0.25) is 0 Å². The van der Waals surface area contributed by atoms with Crippen molar-refractivity contribution in [3.63, 3.8) is 0 Å². The quantitative estimate of drug-likeness (QED) is 0.634. The van der Waals surface area contributed by atoms with Crippen LogP contribution < -0.4 is 14.4 Å². The van der Waals surface area contributed by atoms with Gasteiger partial charge in [-0.1, -0.05) is 25.1 Å². The Hall–Kier alpha value is -2.54. The van der Waals surface area contributed by atoms with Crippen LogP contribution >= 0.6 is 0 Å². The summed E-state index contributed by atoms with van der Waals surface area (Å²) in [6.07, 6.45) is 1.48. The summed E-state index contributed by atoms with van der Waals surface area (Å²) in [6, 6.07) is 12.2. The molecule has 2 aromatic carbocycles. The molecule has 0 aliphatic carbocycles. The van der Waals surface area contributed by atoms with Gasteiger partial charge in [-0.15, -0.1) is 0 Å². The molecule has 0 radical (unpaired) electrons. The number of aryl methyl sites for hydroxylation is 3. The number of nitrogens with one attached hydrogen (secondary N) is 1. The van der Waals surface area contributed by atoms with Crippen molar-refractivity contribution in [3.8, 4) is 5.75 Å². The van der Waals surface area contributed by atoms with Gasteiger partial charge >= 0.3 is 0 Å². The van der Waals surface area contributed by atoms with Crippen molar-refractivity contribution in [2.24, 2.45) is 0 Å². The fourth-order valence-electron chi connectivity index (χ4n) is 3.09. The van der Waals surface area contributed by atoms with Gasteiger partial charge in [0.1, 0.15) is 18.4 Å². The Kier molecular flexibility index (Phi) is 7.67. The van der Waals surface area contributed by atoms with Crippen LogP contribution in [0.4, 0.5) is 5.69 Å². The molecule has 1 amide bonds. The van der Waals surface area contributed by atoms with Gasteiger partial charge in [0, 0.05) is 0 Å². The van der Waals surface area contributed by atoms with E-state index in [0.29, 0.717) is 18.7 Å². The standard InChI is InChI=1S/C22H30N2O4S/c1-6-21(22(25)23-12-13-28-20-9-7-8-16(2)14-20)24(29(5,26)27)19-11-10-17(3)18(4)15-19/h7-11,14-15,21H,6,12-13H2,1-5H3,(H,23,25). The lowest BCUT2D eigenvalue weighted by atomic mass is 10.1. The highest BCUT2D eigenvalue weighted by Crippen LogP contribution is 2.25. The number of carbonyl (C=O) groups is 1. The van der Waals surface area contributed by atoms with E-state index in [1.54, 1.807) is 19.1 Å². The number of hydrogen-bond donors (Lipinski definition) is 1. The molecular weight excluding hydrogens is 388 g/mol. The van der Waals surface area contributed by atoms with E-state index >= 15 is 0 Å². The van der Waals surface area contributed by atoms with Crippen LogP contribution in [0.5, 0.6) is 5.75 Å². The Morgan fingerprint density at radius 1 is 1.10 bits per heavy atom. The third-order valence-corrected chi connectivity index (χ3v) is 5.91. The second-order valence-electron chi connectivity index (χ2n) is 7.21. The van der Waals surface area contributed by atoms with Crippen molar-refractivity contribution in [3.05, 3.63) is 59.2 Å². The summed E-state index contributed by atoms with van der Waals surface area (Å²) in [7, 11) is -3.64. The number of nitrogens with zero attached hydrogens (tertiary/aromatic N) is 1. The van der Waals surface area contributed by atoms with Crippen LogP contribution in [0.15, 0.2) is 42.5 Å². The molecule has 1 N–H and O–H groups in total. The summed E-state index contributed by atoms with van der Waals surface area (Å²) in [5, 5.41) is 2.80. The zero-order valence-corrected chi connectivity index (χ0v) is 18.5. The molecule has 0 spiro atoms. The fourth-order valence-corrected chi connectivity index (χ4v) is 4.29. The van der Waals surface area contributed by atoms with E-state index in [1.165, 1.54) is 4.31 Å². The first-order chi connectivity index (χ1) is 13.6. The SMILES string of the molecule is CCC(C(=O)NCCOc1cccc(C)c1)N(c1ccc(C)c(C)c1)S(C)(=O)=O. The van der Waals surface area contributed by atoms with E-state index in [0.717, 1.165) is 28.7 Å². The number of hydrogen-bond acceptors (Lipinski definition) is 4. The maximum atomic E-state index is 12.8. The molecule has 0 aliphatic rings. The lowest BCUT2D eigenvalue weighted by molar-refractivity contribution is -0.122. The van der Waals surface area contributed by atoms with Crippen molar-refractivity contribution in [2.75, 3.05) is 23.7 Å². The first-order valence-electron chi connectivity index (χ1n) is 9.67. The largest absolute Gasteiger partial charge is 0.492 e. The summed E-state index contributed by atoms with van der Waals surface area (Å²) >= 11 is 0. The summed E-state index contributed by atoms with van der Waals surface area (Å²) in [5.74, 6) is 0.392. The smallest absolute Gasteiger partial charge is 0.244 e. The molecule has 0 bridgehead atoms. The highest BCUT2D eigenvalue weighted by molar-refractivity contribution is 7.92. The minimum absolute atomic E-state index is 0.286. The van der Waals surface area contributed by atoms with Gasteiger partial charge in [-0.2, -0.15) is 0 Å². The van der Waals surface area contributed by atoms with Gasteiger partial charge in [0.05, 0.1) is 18.5 Å². The maximum absolute atomic E-state index is 12.8. The molecule has 7 heteroatoms. The summed E-state index contributed by atoms with van der Waals surface area (Å²) in [6.45, 7) is 8.24. The lowest BCUT2D eigenvalue weighted by Gasteiger charge is -2.30. The number of sulfonamides is 1. The normalized spacial score (nSPS) is 12.3. The predicted octanol–water partition coefficient (Wildman–Crippen LogP) is 3.35. The highest BCUT2D eigenvalue weighted by Gasteiger charge is 2.31. The van der Waals surface area contributed by atoms with Crippen molar-refractivity contribution >= 4 is 21.6 Å². The van der Waals surface area contributed by atoms with Crippen LogP contribution in [-0.2, 0) is 14.8 Å². The molecule has 0 heterocycles. The molecule has 1 unspecified atom stereocenters. The third kappa shape index (κ3) is 6.22. The van der Waals surface area contributed by atoms with E-state index in [2.05, 4.69) is 5.32 Å². The Morgan fingerprint density at radius 2 is 1.83 bits per heavy atom. The molecule has 0 fully saturated rings. The minimum atomic E-state index is -3.64. The number of carbonyl (C=O) groups excluding carboxylic acids is 1. The average molecular weight is 419 g/mol. The molecule has 0 saturated heterocycles. The van der Waals surface area contributed by atoms with E-state index in [1.807, 2.05) is 51.1 Å². The lowest BCUT2D eigenvalue weighted by Crippen LogP contribution is -2.50. The molecule has 158 valence electrons. The van der Waals surface area contributed by atoms with Gasteiger partial charge in [0.15, 0.2) is 0 Å². The molecule has 29 heavy (non-hydrogen) atoms. The molecule has 2 aromatic rings. The second kappa shape index (κ2) is 9.78. The Labute approximate surface area is 173 Å². The number of anilines is 1. The van der Waals surface area contributed by atoms with Crippen LogP contribution in [0, 0.1) is 20.8 Å². The molecule has 0 aromatic heterocycles. The van der Waals surface area contributed by atoms with Gasteiger partial charge in [0.25, 0.3) is 0 Å². The second-order valence-corrected chi connectivity index (χ2v) is 9.07. The third-order valence-electron chi connectivity index (χ3n) is 4.73. The van der Waals surface area contributed by atoms with Crippen LogP contribution in [0.3, 0.4) is 0 Å². The fraction of sp³-hybridized carbons (Fsp3) is 0.409.